The van der Waals surface area contributed by atoms with Gasteiger partial charge in [0.15, 0.2) is 0 Å². The van der Waals surface area contributed by atoms with Gasteiger partial charge in [0.25, 0.3) is 0 Å². The molecule has 0 fully saturated rings. The Balaban J connectivity index is 2.41. The van der Waals surface area contributed by atoms with Crippen molar-refractivity contribution in [1.82, 2.24) is 9.97 Å². The van der Waals surface area contributed by atoms with Crippen molar-refractivity contribution in [3.8, 4) is 6.07 Å². The van der Waals surface area contributed by atoms with E-state index in [9.17, 15) is 0 Å². The van der Waals surface area contributed by atoms with E-state index in [1.54, 1.807) is 17.7 Å². The Labute approximate surface area is 98.2 Å². The van der Waals surface area contributed by atoms with Crippen LogP contribution in [0.2, 0.25) is 0 Å². The minimum Gasteiger partial charge on any atom is -0.357 e. The van der Waals surface area contributed by atoms with Crippen LogP contribution >= 0.6 is 11.3 Å². The quantitative estimate of drug-likeness (QED) is 0.815. The molecule has 0 radical (unpaired) electrons. The largest absolute Gasteiger partial charge is 0.357 e. The summed E-state index contributed by atoms with van der Waals surface area (Å²) in [4.78, 5) is 10.6. The summed E-state index contributed by atoms with van der Waals surface area (Å²) in [6.45, 7) is 2.74. The van der Waals surface area contributed by atoms with Gasteiger partial charge < -0.3 is 4.90 Å². The highest BCUT2D eigenvalue weighted by Crippen LogP contribution is 2.30. The first-order valence-corrected chi connectivity index (χ1v) is 5.89. The molecule has 5 heteroatoms. The van der Waals surface area contributed by atoms with Crippen LogP contribution in [0.5, 0.6) is 0 Å². The Hall–Kier alpha value is -1.67. The van der Waals surface area contributed by atoms with Crippen LogP contribution in [0.15, 0.2) is 11.7 Å². The Bertz CT molecular complexity index is 540. The van der Waals surface area contributed by atoms with Crippen LogP contribution in [-0.4, -0.2) is 23.6 Å². The van der Waals surface area contributed by atoms with E-state index in [2.05, 4.69) is 21.4 Å². The number of rotatable bonds is 3. The average molecular weight is 232 g/mol. The van der Waals surface area contributed by atoms with E-state index in [4.69, 9.17) is 5.26 Å². The number of anilines is 1. The lowest BCUT2D eigenvalue weighted by Gasteiger charge is -2.16. The summed E-state index contributed by atoms with van der Waals surface area (Å²) in [5.41, 5.74) is 2.19. The molecule has 0 N–H and O–H groups in total. The second-order valence-corrected chi connectivity index (χ2v) is 4.50. The fourth-order valence-electron chi connectivity index (χ4n) is 1.55. The molecule has 0 bridgehead atoms. The summed E-state index contributed by atoms with van der Waals surface area (Å²) in [6, 6.07) is 2.14. The Morgan fingerprint density at radius 2 is 2.31 bits per heavy atom. The number of thiophene rings is 1. The highest BCUT2D eigenvalue weighted by Gasteiger charge is 2.11. The first-order chi connectivity index (χ1) is 7.74. The lowest BCUT2D eigenvalue weighted by Crippen LogP contribution is -2.19. The lowest BCUT2D eigenvalue weighted by atomic mass is 10.3. The molecule has 2 aromatic rings. The summed E-state index contributed by atoms with van der Waals surface area (Å²) in [5, 5.41) is 10.7. The highest BCUT2D eigenvalue weighted by molar-refractivity contribution is 7.18. The zero-order chi connectivity index (χ0) is 11.5. The maximum absolute atomic E-state index is 8.57. The number of nitrogens with zero attached hydrogens (tertiary/aromatic N) is 4. The fraction of sp³-hybridized carbons (Fsp3) is 0.364. The molecule has 0 aliphatic carbocycles. The van der Waals surface area contributed by atoms with E-state index >= 15 is 0 Å². The van der Waals surface area contributed by atoms with Crippen molar-refractivity contribution in [1.29, 1.82) is 5.26 Å². The molecular formula is C11H12N4S. The minimum atomic E-state index is 0.506. The Morgan fingerprint density at radius 3 is 3.06 bits per heavy atom. The third-order valence-corrected chi connectivity index (χ3v) is 3.52. The van der Waals surface area contributed by atoms with Gasteiger partial charge in [0.2, 0.25) is 0 Å². The Morgan fingerprint density at radius 1 is 1.50 bits per heavy atom. The first kappa shape index (κ1) is 10.8. The average Bonchev–Trinajstić information content (AvgIpc) is 2.68. The molecule has 2 rings (SSSR count). The van der Waals surface area contributed by atoms with Crippen LogP contribution in [0, 0.1) is 18.3 Å². The molecule has 2 heterocycles. The van der Waals surface area contributed by atoms with E-state index in [1.165, 1.54) is 5.56 Å². The molecule has 0 aromatic carbocycles. The molecule has 0 spiro atoms. The molecule has 0 unspecified atom stereocenters. The van der Waals surface area contributed by atoms with Crippen molar-refractivity contribution in [2.45, 2.75) is 13.3 Å². The van der Waals surface area contributed by atoms with Crippen LogP contribution in [0.3, 0.4) is 0 Å². The third kappa shape index (κ3) is 1.84. The summed E-state index contributed by atoms with van der Waals surface area (Å²) in [5.74, 6) is 0.915. The first-order valence-electron chi connectivity index (χ1n) is 5.01. The van der Waals surface area contributed by atoms with E-state index < -0.39 is 0 Å². The number of hydrogen-bond acceptors (Lipinski definition) is 5. The van der Waals surface area contributed by atoms with Crippen molar-refractivity contribution in [3.05, 3.63) is 17.3 Å². The van der Waals surface area contributed by atoms with E-state index in [0.29, 0.717) is 13.0 Å². The van der Waals surface area contributed by atoms with Crippen LogP contribution in [0.4, 0.5) is 5.82 Å². The van der Waals surface area contributed by atoms with Gasteiger partial charge in [-0.3, -0.25) is 0 Å². The van der Waals surface area contributed by atoms with Crippen molar-refractivity contribution >= 4 is 27.4 Å². The second-order valence-electron chi connectivity index (χ2n) is 3.62. The van der Waals surface area contributed by atoms with Gasteiger partial charge in [0, 0.05) is 13.6 Å². The molecular weight excluding hydrogens is 220 g/mol. The molecule has 4 nitrogen and oxygen atoms in total. The minimum absolute atomic E-state index is 0.506. The maximum Gasteiger partial charge on any atom is 0.149 e. The molecule has 16 heavy (non-hydrogen) atoms. The highest BCUT2D eigenvalue weighted by atomic mass is 32.1. The van der Waals surface area contributed by atoms with Gasteiger partial charge >= 0.3 is 0 Å². The van der Waals surface area contributed by atoms with Gasteiger partial charge in [-0.2, -0.15) is 5.26 Å². The fourth-order valence-corrected chi connectivity index (χ4v) is 2.60. The monoisotopic (exact) mass is 232 g/mol. The molecule has 0 amide bonds. The zero-order valence-corrected chi connectivity index (χ0v) is 10.1. The van der Waals surface area contributed by atoms with Gasteiger partial charge in [-0.1, -0.05) is 0 Å². The smallest absolute Gasteiger partial charge is 0.149 e. The van der Waals surface area contributed by atoms with Crippen LogP contribution in [0.1, 0.15) is 12.0 Å². The molecule has 0 aliphatic heterocycles. The molecule has 0 saturated heterocycles. The molecule has 0 saturated carbocycles. The third-order valence-electron chi connectivity index (χ3n) is 2.43. The zero-order valence-electron chi connectivity index (χ0n) is 9.27. The molecule has 2 aromatic heterocycles. The molecule has 0 aliphatic rings. The summed E-state index contributed by atoms with van der Waals surface area (Å²) < 4.78 is 1.10. The van der Waals surface area contributed by atoms with E-state index in [1.807, 2.05) is 18.9 Å². The number of aromatic nitrogens is 2. The topological polar surface area (TPSA) is 52.8 Å². The molecule has 82 valence electrons. The number of hydrogen-bond donors (Lipinski definition) is 0. The van der Waals surface area contributed by atoms with Crippen molar-refractivity contribution < 1.29 is 0 Å². The summed E-state index contributed by atoms with van der Waals surface area (Å²) in [6.07, 6.45) is 2.09. The maximum atomic E-state index is 8.57. The van der Waals surface area contributed by atoms with E-state index in [-0.39, 0.29) is 0 Å². The summed E-state index contributed by atoms with van der Waals surface area (Å²) in [7, 11) is 1.95. The van der Waals surface area contributed by atoms with E-state index in [0.717, 1.165) is 16.0 Å². The number of nitriles is 1. The van der Waals surface area contributed by atoms with Crippen molar-refractivity contribution in [2.24, 2.45) is 0 Å². The van der Waals surface area contributed by atoms with Gasteiger partial charge in [0.1, 0.15) is 12.1 Å². The standard InChI is InChI=1S/C11H12N4S/c1-8-6-16-10-9(8)13-7-14-11(10)15(2)5-3-4-12/h6-7H,3,5H2,1-2H3. The predicted octanol–water partition coefficient (Wildman–Crippen LogP) is 2.35. The summed E-state index contributed by atoms with van der Waals surface area (Å²) >= 11 is 1.65. The van der Waals surface area contributed by atoms with Crippen molar-refractivity contribution in [2.75, 3.05) is 18.5 Å². The second kappa shape index (κ2) is 4.45. The van der Waals surface area contributed by atoms with Crippen molar-refractivity contribution in [3.63, 3.8) is 0 Å². The van der Waals surface area contributed by atoms with Crippen LogP contribution < -0.4 is 4.90 Å². The SMILES string of the molecule is Cc1csc2c(N(C)CCC#N)ncnc12. The van der Waals surface area contributed by atoms with Crippen LogP contribution in [0.25, 0.3) is 10.2 Å². The molecule has 0 atom stereocenters. The number of aryl methyl sites for hydroxylation is 1. The van der Waals surface area contributed by atoms with Gasteiger partial charge in [-0.05, 0) is 17.9 Å². The normalized spacial score (nSPS) is 10.3. The predicted molar refractivity (Wildman–Crippen MR) is 65.7 cm³/mol. The van der Waals surface area contributed by atoms with Gasteiger partial charge in [0.05, 0.1) is 22.7 Å². The Kier molecular flexibility index (Phi) is 3.02. The van der Waals surface area contributed by atoms with Crippen LogP contribution in [-0.2, 0) is 0 Å². The van der Waals surface area contributed by atoms with Gasteiger partial charge in [-0.25, -0.2) is 9.97 Å². The number of fused-ring (bicyclic) bond motifs is 1. The lowest BCUT2D eigenvalue weighted by molar-refractivity contribution is 0.888. The van der Waals surface area contributed by atoms with Gasteiger partial charge in [-0.15, -0.1) is 11.3 Å².